The highest BCUT2D eigenvalue weighted by molar-refractivity contribution is 6.42. The molecule has 1 aliphatic rings. The topological polar surface area (TPSA) is 75.7 Å². The van der Waals surface area contributed by atoms with E-state index >= 15 is 0 Å². The highest BCUT2D eigenvalue weighted by Crippen LogP contribution is 2.28. The van der Waals surface area contributed by atoms with Gasteiger partial charge in [0.05, 0.1) is 17.3 Å². The number of benzene rings is 2. The molecule has 3 rings (SSSR count). The summed E-state index contributed by atoms with van der Waals surface area (Å²) in [5.74, 6) is -0.783. The molecule has 6 nitrogen and oxygen atoms in total. The van der Waals surface area contributed by atoms with Gasteiger partial charge in [-0.05, 0) is 42.3 Å². The molecule has 4 amide bonds. The summed E-state index contributed by atoms with van der Waals surface area (Å²) in [6.07, 6.45) is 2.32. The summed E-state index contributed by atoms with van der Waals surface area (Å²) < 4.78 is 5.51. The van der Waals surface area contributed by atoms with E-state index in [0.29, 0.717) is 17.9 Å². The van der Waals surface area contributed by atoms with E-state index in [4.69, 9.17) is 16.3 Å². The second-order valence-electron chi connectivity index (χ2n) is 5.83. The molecular weight excluding hydrogens is 368 g/mol. The Hall–Kier alpha value is -3.12. The van der Waals surface area contributed by atoms with Crippen LogP contribution in [0.3, 0.4) is 0 Å². The van der Waals surface area contributed by atoms with Crippen LogP contribution in [0.4, 0.5) is 10.5 Å². The van der Waals surface area contributed by atoms with Gasteiger partial charge in [-0.1, -0.05) is 42.8 Å². The van der Waals surface area contributed by atoms with Gasteiger partial charge in [0.1, 0.15) is 11.3 Å². The molecule has 1 saturated heterocycles. The van der Waals surface area contributed by atoms with Gasteiger partial charge in [0.2, 0.25) is 0 Å². The van der Waals surface area contributed by atoms with Gasteiger partial charge >= 0.3 is 6.03 Å². The summed E-state index contributed by atoms with van der Waals surface area (Å²) in [5.41, 5.74) is 0.686. The fourth-order valence-electron chi connectivity index (χ4n) is 2.56. The predicted octanol–water partition coefficient (Wildman–Crippen LogP) is 3.80. The number of amides is 4. The number of hydrogen-bond donors (Lipinski definition) is 1. The molecule has 2 aromatic rings. The number of rotatable bonds is 5. The van der Waals surface area contributed by atoms with Crippen LogP contribution in [0.25, 0.3) is 6.08 Å². The molecule has 0 unspecified atom stereocenters. The molecule has 0 radical (unpaired) electrons. The lowest BCUT2D eigenvalue weighted by Gasteiger charge is -2.27. The third-order valence-electron chi connectivity index (χ3n) is 3.86. The van der Waals surface area contributed by atoms with Crippen molar-refractivity contribution in [2.24, 2.45) is 0 Å². The lowest BCUT2D eigenvalue weighted by molar-refractivity contribution is -0.122. The SMILES string of the molecule is CCCOc1ccc(/C=C2\C(=O)NC(=O)N(c3ccccc3Cl)C2=O)cc1. The lowest BCUT2D eigenvalue weighted by atomic mass is 10.1. The van der Waals surface area contributed by atoms with Crippen molar-refractivity contribution in [3.8, 4) is 5.75 Å². The smallest absolute Gasteiger partial charge is 0.335 e. The number of barbiturate groups is 1. The molecule has 0 aliphatic carbocycles. The van der Waals surface area contributed by atoms with Gasteiger partial charge in [0.15, 0.2) is 0 Å². The number of imide groups is 2. The molecule has 27 heavy (non-hydrogen) atoms. The molecule has 7 heteroatoms. The van der Waals surface area contributed by atoms with Crippen LogP contribution in [-0.2, 0) is 9.59 Å². The largest absolute Gasteiger partial charge is 0.494 e. The fraction of sp³-hybridized carbons (Fsp3) is 0.150. The minimum absolute atomic E-state index is 0.156. The Morgan fingerprint density at radius 2 is 1.78 bits per heavy atom. The zero-order chi connectivity index (χ0) is 19.4. The number of para-hydroxylation sites is 1. The quantitative estimate of drug-likeness (QED) is 0.628. The minimum Gasteiger partial charge on any atom is -0.494 e. The normalized spacial score (nSPS) is 15.9. The number of anilines is 1. The van der Waals surface area contributed by atoms with Gasteiger partial charge < -0.3 is 4.74 Å². The maximum absolute atomic E-state index is 12.8. The van der Waals surface area contributed by atoms with E-state index in [-0.39, 0.29) is 16.3 Å². The molecule has 138 valence electrons. The van der Waals surface area contributed by atoms with Crippen molar-refractivity contribution < 1.29 is 19.1 Å². The van der Waals surface area contributed by atoms with Crippen LogP contribution in [0.1, 0.15) is 18.9 Å². The van der Waals surface area contributed by atoms with Gasteiger partial charge in [-0.15, -0.1) is 0 Å². The van der Waals surface area contributed by atoms with Gasteiger partial charge in [0, 0.05) is 0 Å². The number of hydrogen-bond acceptors (Lipinski definition) is 4. The summed E-state index contributed by atoms with van der Waals surface area (Å²) in [6, 6.07) is 12.6. The average molecular weight is 385 g/mol. The Labute approximate surface area is 161 Å². The van der Waals surface area contributed by atoms with Gasteiger partial charge in [0.25, 0.3) is 11.8 Å². The third-order valence-corrected chi connectivity index (χ3v) is 4.18. The van der Waals surface area contributed by atoms with Crippen molar-refractivity contribution in [2.45, 2.75) is 13.3 Å². The van der Waals surface area contributed by atoms with Crippen LogP contribution >= 0.6 is 11.6 Å². The Morgan fingerprint density at radius 1 is 1.07 bits per heavy atom. The molecule has 0 atom stereocenters. The molecule has 1 N–H and O–H groups in total. The number of carbonyl (C=O) groups excluding carboxylic acids is 3. The Morgan fingerprint density at radius 3 is 2.44 bits per heavy atom. The molecule has 0 spiro atoms. The van der Waals surface area contributed by atoms with Crippen LogP contribution < -0.4 is 15.0 Å². The molecule has 0 aromatic heterocycles. The van der Waals surface area contributed by atoms with Crippen molar-refractivity contribution in [3.63, 3.8) is 0 Å². The second-order valence-corrected chi connectivity index (χ2v) is 6.23. The van der Waals surface area contributed by atoms with E-state index in [2.05, 4.69) is 5.32 Å². The fourth-order valence-corrected chi connectivity index (χ4v) is 2.78. The monoisotopic (exact) mass is 384 g/mol. The second kappa shape index (κ2) is 8.05. The van der Waals surface area contributed by atoms with Gasteiger partial charge in [-0.3, -0.25) is 14.9 Å². The first-order valence-corrected chi connectivity index (χ1v) is 8.78. The summed E-state index contributed by atoms with van der Waals surface area (Å²) in [7, 11) is 0. The molecular formula is C20H17ClN2O4. The number of ether oxygens (including phenoxy) is 1. The van der Waals surface area contributed by atoms with Crippen molar-refractivity contribution in [1.82, 2.24) is 5.32 Å². The third kappa shape index (κ3) is 4.01. The summed E-state index contributed by atoms with van der Waals surface area (Å²) in [5, 5.41) is 2.40. The number of urea groups is 1. The highest BCUT2D eigenvalue weighted by atomic mass is 35.5. The standard InChI is InChI=1S/C20H17ClN2O4/c1-2-11-27-14-9-7-13(8-10-14)12-15-18(24)22-20(26)23(19(15)25)17-6-4-3-5-16(17)21/h3-10,12H,2,11H2,1H3,(H,22,24,26)/b15-12+. The Balaban J connectivity index is 1.91. The summed E-state index contributed by atoms with van der Waals surface area (Å²) in [4.78, 5) is 38.0. The number of halogens is 1. The maximum atomic E-state index is 12.8. The maximum Gasteiger partial charge on any atom is 0.335 e. The lowest BCUT2D eigenvalue weighted by Crippen LogP contribution is -2.54. The van der Waals surface area contributed by atoms with E-state index in [1.807, 2.05) is 6.92 Å². The van der Waals surface area contributed by atoms with Crippen molar-refractivity contribution >= 4 is 41.2 Å². The first-order chi connectivity index (χ1) is 13.0. The average Bonchev–Trinajstić information content (AvgIpc) is 2.66. The molecule has 0 saturated carbocycles. The van der Waals surface area contributed by atoms with Crippen LogP contribution in [0.15, 0.2) is 54.1 Å². The zero-order valence-electron chi connectivity index (χ0n) is 14.6. The highest BCUT2D eigenvalue weighted by Gasteiger charge is 2.37. The van der Waals surface area contributed by atoms with E-state index in [0.717, 1.165) is 11.3 Å². The van der Waals surface area contributed by atoms with Gasteiger partial charge in [-0.2, -0.15) is 0 Å². The number of nitrogens with one attached hydrogen (secondary N) is 1. The predicted molar refractivity (Wildman–Crippen MR) is 103 cm³/mol. The van der Waals surface area contributed by atoms with Crippen molar-refractivity contribution in [1.29, 1.82) is 0 Å². The van der Waals surface area contributed by atoms with E-state index in [1.54, 1.807) is 42.5 Å². The van der Waals surface area contributed by atoms with Crippen LogP contribution in [-0.4, -0.2) is 24.5 Å². The molecule has 0 bridgehead atoms. The molecule has 1 heterocycles. The zero-order valence-corrected chi connectivity index (χ0v) is 15.3. The Kier molecular flexibility index (Phi) is 5.57. The van der Waals surface area contributed by atoms with Crippen LogP contribution in [0.2, 0.25) is 5.02 Å². The van der Waals surface area contributed by atoms with E-state index in [1.165, 1.54) is 12.1 Å². The summed E-state index contributed by atoms with van der Waals surface area (Å²) in [6.45, 7) is 2.62. The first kappa shape index (κ1) is 18.7. The van der Waals surface area contributed by atoms with E-state index in [9.17, 15) is 14.4 Å². The number of carbonyl (C=O) groups is 3. The van der Waals surface area contributed by atoms with Crippen LogP contribution in [0.5, 0.6) is 5.75 Å². The molecule has 1 fully saturated rings. The first-order valence-electron chi connectivity index (χ1n) is 8.40. The summed E-state index contributed by atoms with van der Waals surface area (Å²) >= 11 is 6.10. The van der Waals surface area contributed by atoms with Gasteiger partial charge in [-0.25, -0.2) is 9.69 Å². The van der Waals surface area contributed by atoms with Crippen LogP contribution in [0, 0.1) is 0 Å². The van der Waals surface area contributed by atoms with Crippen molar-refractivity contribution in [3.05, 3.63) is 64.7 Å². The Bertz CT molecular complexity index is 922. The molecule has 2 aromatic carbocycles. The minimum atomic E-state index is -0.835. The molecule has 1 aliphatic heterocycles. The number of nitrogens with zero attached hydrogens (tertiary/aromatic N) is 1. The van der Waals surface area contributed by atoms with Crippen molar-refractivity contribution in [2.75, 3.05) is 11.5 Å². The van der Waals surface area contributed by atoms with E-state index < -0.39 is 17.8 Å².